The largest absolute Gasteiger partial charge is 0.504 e. The third-order valence-electron chi connectivity index (χ3n) is 5.10. The number of methoxy groups -OCH3 is 2. The van der Waals surface area contributed by atoms with Crippen molar-refractivity contribution in [3.63, 3.8) is 0 Å². The summed E-state index contributed by atoms with van der Waals surface area (Å²) in [6.07, 6.45) is 0.380. The Morgan fingerprint density at radius 3 is 2.65 bits per heavy atom. The van der Waals surface area contributed by atoms with E-state index in [1.54, 1.807) is 6.07 Å². The van der Waals surface area contributed by atoms with Crippen LogP contribution in [0.3, 0.4) is 0 Å². The Balaban J connectivity index is 1.98. The lowest BCUT2D eigenvalue weighted by atomic mass is 9.95. The van der Waals surface area contributed by atoms with Gasteiger partial charge in [-0.2, -0.15) is 0 Å². The number of hydrogen-bond acceptors (Lipinski definition) is 7. The van der Waals surface area contributed by atoms with Crippen molar-refractivity contribution in [1.82, 2.24) is 0 Å². The minimum atomic E-state index is -0.389. The molecule has 0 amide bonds. The summed E-state index contributed by atoms with van der Waals surface area (Å²) in [5, 5.41) is 10.7. The van der Waals surface area contributed by atoms with Gasteiger partial charge in [-0.3, -0.25) is 4.79 Å². The number of phenols is 1. The molecule has 2 unspecified atom stereocenters. The first-order valence-electron chi connectivity index (χ1n) is 8.29. The second kappa shape index (κ2) is 5.28. The molecule has 1 fully saturated rings. The molecule has 7 heteroatoms. The highest BCUT2D eigenvalue weighted by Crippen LogP contribution is 2.50. The number of rotatable bonds is 2. The number of fused-ring (bicyclic) bond motifs is 6. The van der Waals surface area contributed by atoms with Crippen LogP contribution >= 0.6 is 0 Å². The summed E-state index contributed by atoms with van der Waals surface area (Å²) in [5.41, 5.74) is 0.901. The number of phenolic OH excluding ortho intramolecular Hbond substituents is 1. The molecular formula is C19H16O7. The Hall–Kier alpha value is -2.93. The van der Waals surface area contributed by atoms with Crippen molar-refractivity contribution in [2.75, 3.05) is 20.8 Å². The van der Waals surface area contributed by atoms with Gasteiger partial charge < -0.3 is 28.5 Å². The Morgan fingerprint density at radius 1 is 1.12 bits per heavy atom. The molecule has 0 bridgehead atoms. The summed E-state index contributed by atoms with van der Waals surface area (Å²) in [4.78, 5) is 13.3. The third-order valence-corrected chi connectivity index (χ3v) is 5.10. The lowest BCUT2D eigenvalue weighted by Crippen LogP contribution is -2.13. The zero-order valence-corrected chi connectivity index (χ0v) is 14.2. The van der Waals surface area contributed by atoms with Gasteiger partial charge in [0.1, 0.15) is 33.6 Å². The van der Waals surface area contributed by atoms with Crippen LogP contribution in [-0.4, -0.2) is 32.2 Å². The predicted molar refractivity (Wildman–Crippen MR) is 92.5 cm³/mol. The molecule has 0 aliphatic carbocycles. The van der Waals surface area contributed by atoms with Gasteiger partial charge in [0, 0.05) is 11.6 Å². The fraction of sp³-hybridized carbons (Fsp3) is 0.316. The highest BCUT2D eigenvalue weighted by atomic mass is 16.7. The molecular weight excluding hydrogens is 340 g/mol. The lowest BCUT2D eigenvalue weighted by molar-refractivity contribution is -0.0337. The Kier molecular flexibility index (Phi) is 3.12. The summed E-state index contributed by atoms with van der Waals surface area (Å²) >= 11 is 0. The molecule has 134 valence electrons. The quantitative estimate of drug-likeness (QED) is 0.706. The van der Waals surface area contributed by atoms with Gasteiger partial charge in [0.25, 0.3) is 0 Å². The average molecular weight is 356 g/mol. The van der Waals surface area contributed by atoms with E-state index in [1.807, 2.05) is 0 Å². The first kappa shape index (κ1) is 15.3. The number of benzene rings is 2. The van der Waals surface area contributed by atoms with E-state index < -0.39 is 0 Å². The first-order chi connectivity index (χ1) is 12.6. The Labute approximate surface area is 147 Å². The third kappa shape index (κ3) is 1.83. The molecule has 3 heterocycles. The average Bonchev–Trinajstić information content (AvgIpc) is 3.22. The van der Waals surface area contributed by atoms with Gasteiger partial charge >= 0.3 is 0 Å². The van der Waals surface area contributed by atoms with Gasteiger partial charge in [-0.05, 0) is 18.6 Å². The van der Waals surface area contributed by atoms with E-state index in [0.29, 0.717) is 34.8 Å². The van der Waals surface area contributed by atoms with Crippen LogP contribution in [0, 0.1) is 0 Å². The zero-order valence-electron chi connectivity index (χ0n) is 14.2. The van der Waals surface area contributed by atoms with Gasteiger partial charge in [-0.25, -0.2) is 0 Å². The summed E-state index contributed by atoms with van der Waals surface area (Å²) in [6, 6.07) is 4.66. The molecule has 1 N–H and O–H groups in total. The SMILES string of the molecule is COc1ccc(O)c2oc3c4c(cc(OC)c3c(=O)c12)OC1OCCC41. The van der Waals surface area contributed by atoms with Crippen molar-refractivity contribution >= 4 is 21.9 Å². The van der Waals surface area contributed by atoms with Crippen LogP contribution in [0.5, 0.6) is 23.0 Å². The standard InChI is InChI=1S/C19H16O7/c1-22-10-4-3-9(20)17-14(10)16(21)15-11(23-2)7-12-13(18(15)26-17)8-5-6-24-19(8)25-12/h3-4,7-8,19-20H,5-6H2,1-2H3. The van der Waals surface area contributed by atoms with E-state index in [0.717, 1.165) is 12.0 Å². The molecule has 2 atom stereocenters. The van der Waals surface area contributed by atoms with Crippen LogP contribution in [0.2, 0.25) is 0 Å². The van der Waals surface area contributed by atoms with Gasteiger partial charge in [0.2, 0.25) is 11.7 Å². The van der Waals surface area contributed by atoms with Crippen LogP contribution in [-0.2, 0) is 4.74 Å². The first-order valence-corrected chi connectivity index (χ1v) is 8.29. The van der Waals surface area contributed by atoms with E-state index in [9.17, 15) is 9.90 Å². The number of aromatic hydroxyl groups is 1. The fourth-order valence-electron chi connectivity index (χ4n) is 3.91. The van der Waals surface area contributed by atoms with Crippen LogP contribution in [0.4, 0.5) is 0 Å². The summed E-state index contributed by atoms with van der Waals surface area (Å²) in [6.45, 7) is 0.583. The molecule has 2 aliphatic rings. The summed E-state index contributed by atoms with van der Waals surface area (Å²) in [5.74, 6) is 1.10. The zero-order chi connectivity index (χ0) is 18.0. The van der Waals surface area contributed by atoms with E-state index >= 15 is 0 Å². The molecule has 3 aromatic rings. The van der Waals surface area contributed by atoms with Crippen LogP contribution in [0.25, 0.3) is 21.9 Å². The van der Waals surface area contributed by atoms with Crippen molar-refractivity contribution in [3.8, 4) is 23.0 Å². The highest BCUT2D eigenvalue weighted by Gasteiger charge is 2.42. The minimum Gasteiger partial charge on any atom is -0.504 e. The van der Waals surface area contributed by atoms with Gasteiger partial charge in [-0.1, -0.05) is 0 Å². The Bertz CT molecular complexity index is 1110. The van der Waals surface area contributed by atoms with E-state index in [-0.39, 0.29) is 34.4 Å². The van der Waals surface area contributed by atoms with Gasteiger partial charge in [0.15, 0.2) is 11.3 Å². The van der Waals surface area contributed by atoms with Crippen LogP contribution < -0.4 is 19.6 Å². The molecule has 7 nitrogen and oxygen atoms in total. The molecule has 0 saturated carbocycles. The molecule has 5 rings (SSSR count). The van der Waals surface area contributed by atoms with Crippen molar-refractivity contribution in [2.45, 2.75) is 18.6 Å². The van der Waals surface area contributed by atoms with Crippen LogP contribution in [0.15, 0.2) is 27.4 Å². The normalized spacial score (nSPS) is 20.8. The van der Waals surface area contributed by atoms with E-state index in [4.69, 9.17) is 23.4 Å². The molecule has 0 radical (unpaired) electrons. The van der Waals surface area contributed by atoms with Crippen LogP contribution in [0.1, 0.15) is 17.9 Å². The second-order valence-corrected chi connectivity index (χ2v) is 6.37. The summed E-state index contributed by atoms with van der Waals surface area (Å²) < 4.78 is 28.2. The predicted octanol–water partition coefficient (Wildman–Crippen LogP) is 2.89. The van der Waals surface area contributed by atoms with E-state index in [2.05, 4.69) is 0 Å². The molecule has 1 aromatic heterocycles. The molecule has 2 aromatic carbocycles. The van der Waals surface area contributed by atoms with Crippen molar-refractivity contribution < 1.29 is 28.5 Å². The highest BCUT2D eigenvalue weighted by molar-refractivity contribution is 6.00. The molecule has 2 aliphatic heterocycles. The minimum absolute atomic E-state index is 0.0215. The maximum absolute atomic E-state index is 13.3. The molecule has 0 spiro atoms. The lowest BCUT2D eigenvalue weighted by Gasteiger charge is -2.13. The monoisotopic (exact) mass is 356 g/mol. The number of ether oxygens (including phenoxy) is 4. The van der Waals surface area contributed by atoms with Gasteiger partial charge in [0.05, 0.1) is 26.7 Å². The van der Waals surface area contributed by atoms with Crippen molar-refractivity contribution in [3.05, 3.63) is 34.0 Å². The van der Waals surface area contributed by atoms with Gasteiger partial charge in [-0.15, -0.1) is 0 Å². The fourth-order valence-corrected chi connectivity index (χ4v) is 3.91. The molecule has 1 saturated heterocycles. The maximum atomic E-state index is 13.3. The van der Waals surface area contributed by atoms with E-state index in [1.165, 1.54) is 26.4 Å². The van der Waals surface area contributed by atoms with Crippen molar-refractivity contribution in [1.29, 1.82) is 0 Å². The number of hydrogen-bond donors (Lipinski definition) is 1. The van der Waals surface area contributed by atoms with Crippen molar-refractivity contribution in [2.24, 2.45) is 0 Å². The maximum Gasteiger partial charge on any atom is 0.208 e. The Morgan fingerprint density at radius 2 is 1.88 bits per heavy atom. The molecule has 26 heavy (non-hydrogen) atoms. The topological polar surface area (TPSA) is 87.4 Å². The second-order valence-electron chi connectivity index (χ2n) is 6.37. The summed E-state index contributed by atoms with van der Waals surface area (Å²) in [7, 11) is 2.94. The smallest absolute Gasteiger partial charge is 0.208 e.